The fraction of sp³-hybridized carbons (Fsp3) is 0.278. The fourth-order valence-corrected chi connectivity index (χ4v) is 2.71. The molecule has 2 N–H and O–H groups in total. The number of carboxylic acid groups (broad SMARTS) is 1. The molecule has 0 fully saturated rings. The van der Waals surface area contributed by atoms with Crippen molar-refractivity contribution in [3.05, 3.63) is 57.6 Å². The molecule has 132 valence electrons. The third-order valence-corrected chi connectivity index (χ3v) is 4.14. The normalized spacial score (nSPS) is 10.2. The van der Waals surface area contributed by atoms with Crippen LogP contribution in [0, 0.1) is 0 Å². The zero-order chi connectivity index (χ0) is 18.2. The van der Waals surface area contributed by atoms with E-state index in [0.29, 0.717) is 35.9 Å². The van der Waals surface area contributed by atoms with Crippen LogP contribution in [0.25, 0.3) is 0 Å². The van der Waals surface area contributed by atoms with E-state index in [-0.39, 0.29) is 11.6 Å². The Kier molecular flexibility index (Phi) is 6.71. The molecule has 0 atom stereocenters. The highest BCUT2D eigenvalue weighted by Gasteiger charge is 2.10. The first-order valence-electron chi connectivity index (χ1n) is 7.78. The highest BCUT2D eigenvalue weighted by Crippen LogP contribution is 2.14. The Labute approximate surface area is 150 Å². The molecule has 0 saturated heterocycles. The third kappa shape index (κ3) is 6.04. The number of aromatic nitrogens is 1. The lowest BCUT2D eigenvalue weighted by atomic mass is 10.2. The third-order valence-electron chi connectivity index (χ3n) is 3.23. The number of aromatic carboxylic acids is 1. The minimum Gasteiger partial charge on any atom is -0.490 e. The number of nitrogens with zero attached hydrogens (tertiary/aromatic N) is 1. The number of hydrogen-bond acceptors (Lipinski definition) is 5. The first-order valence-corrected chi connectivity index (χ1v) is 8.66. The Bertz CT molecular complexity index is 779. The molecule has 2 rings (SSSR count). The highest BCUT2D eigenvalue weighted by molar-refractivity contribution is 7.09. The average Bonchev–Trinajstić information content (AvgIpc) is 3.04. The predicted octanol–water partition coefficient (Wildman–Crippen LogP) is 3.16. The first-order chi connectivity index (χ1) is 12.0. The average molecular weight is 360 g/mol. The topological polar surface area (TPSA) is 88.5 Å². The van der Waals surface area contributed by atoms with E-state index in [9.17, 15) is 9.59 Å². The number of nitrogens with one attached hydrogen (secondary N) is 1. The lowest BCUT2D eigenvalue weighted by Gasteiger charge is -2.07. The van der Waals surface area contributed by atoms with Crippen molar-refractivity contribution in [2.45, 2.75) is 20.3 Å². The number of amides is 1. The van der Waals surface area contributed by atoms with E-state index in [1.54, 1.807) is 24.3 Å². The maximum atomic E-state index is 12.2. The van der Waals surface area contributed by atoms with Gasteiger partial charge in [0.1, 0.15) is 12.4 Å². The van der Waals surface area contributed by atoms with Gasteiger partial charge in [-0.2, -0.15) is 0 Å². The molecule has 0 aliphatic rings. The summed E-state index contributed by atoms with van der Waals surface area (Å²) in [4.78, 5) is 27.0. The summed E-state index contributed by atoms with van der Waals surface area (Å²) in [7, 11) is 0. The number of ether oxygens (including phenoxy) is 1. The van der Waals surface area contributed by atoms with Crippen molar-refractivity contribution in [3.63, 3.8) is 0 Å². The Morgan fingerprint density at radius 3 is 2.84 bits per heavy atom. The summed E-state index contributed by atoms with van der Waals surface area (Å²) in [6.07, 6.45) is 2.45. The van der Waals surface area contributed by atoms with Gasteiger partial charge in [-0.25, -0.2) is 9.78 Å². The summed E-state index contributed by atoms with van der Waals surface area (Å²) in [5.41, 5.74) is 1.72. The summed E-state index contributed by atoms with van der Waals surface area (Å²) in [5.74, 6) is -0.615. The molecule has 25 heavy (non-hydrogen) atoms. The second kappa shape index (κ2) is 8.98. The number of carbonyl (C=O) groups excluding carboxylic acids is 1. The highest BCUT2D eigenvalue weighted by atomic mass is 32.1. The zero-order valence-electron chi connectivity index (χ0n) is 14.1. The number of benzene rings is 1. The molecule has 7 heteroatoms. The van der Waals surface area contributed by atoms with Crippen LogP contribution in [0.1, 0.15) is 39.7 Å². The molecule has 0 saturated carbocycles. The van der Waals surface area contributed by atoms with Crippen LogP contribution in [0.3, 0.4) is 0 Å². The molecule has 0 radical (unpaired) electrons. The van der Waals surface area contributed by atoms with Crippen molar-refractivity contribution in [1.82, 2.24) is 10.3 Å². The van der Waals surface area contributed by atoms with Crippen molar-refractivity contribution in [2.24, 2.45) is 0 Å². The molecule has 1 aromatic heterocycles. The van der Waals surface area contributed by atoms with Crippen LogP contribution in [0.2, 0.25) is 0 Å². The number of carbonyl (C=O) groups is 2. The fourth-order valence-electron chi connectivity index (χ4n) is 1.94. The Hall–Kier alpha value is -2.67. The molecule has 2 aromatic rings. The van der Waals surface area contributed by atoms with Gasteiger partial charge in [0.25, 0.3) is 5.91 Å². The van der Waals surface area contributed by atoms with Crippen molar-refractivity contribution >= 4 is 23.2 Å². The minimum atomic E-state index is -1.04. The molecule has 6 nitrogen and oxygen atoms in total. The Morgan fingerprint density at radius 1 is 1.36 bits per heavy atom. The monoisotopic (exact) mass is 360 g/mol. The van der Waals surface area contributed by atoms with Gasteiger partial charge < -0.3 is 15.2 Å². The zero-order valence-corrected chi connectivity index (χ0v) is 14.9. The SMILES string of the molecule is CC(C)=CCOc1cccc(C(=O)NCCc2nc(C(=O)O)cs2)c1. The van der Waals surface area contributed by atoms with Crippen LogP contribution in [0.5, 0.6) is 5.75 Å². The van der Waals surface area contributed by atoms with E-state index in [0.717, 1.165) is 0 Å². The summed E-state index contributed by atoms with van der Waals surface area (Å²) in [6, 6.07) is 6.99. The maximum absolute atomic E-state index is 12.2. The van der Waals surface area contributed by atoms with Crippen molar-refractivity contribution in [3.8, 4) is 5.75 Å². The van der Waals surface area contributed by atoms with Crippen LogP contribution in [0.15, 0.2) is 41.3 Å². The Balaban J connectivity index is 1.85. The number of hydrogen-bond donors (Lipinski definition) is 2. The standard InChI is InChI=1S/C18H20N2O4S/c1-12(2)7-9-24-14-5-3-4-13(10-14)17(21)19-8-6-16-20-15(11-25-16)18(22)23/h3-5,7,10-11H,6,8-9H2,1-2H3,(H,19,21)(H,22,23). The van der Waals surface area contributed by atoms with E-state index in [1.807, 2.05) is 19.9 Å². The van der Waals surface area contributed by atoms with Gasteiger partial charge in [0.15, 0.2) is 5.69 Å². The summed E-state index contributed by atoms with van der Waals surface area (Å²) in [6.45, 7) is 4.84. The van der Waals surface area contributed by atoms with E-state index in [1.165, 1.54) is 22.3 Å². The second-order valence-electron chi connectivity index (χ2n) is 5.56. The van der Waals surface area contributed by atoms with E-state index < -0.39 is 5.97 Å². The molecule has 1 aromatic carbocycles. The Morgan fingerprint density at radius 2 is 2.16 bits per heavy atom. The van der Waals surface area contributed by atoms with Crippen LogP contribution < -0.4 is 10.1 Å². The second-order valence-corrected chi connectivity index (χ2v) is 6.50. The molecule has 0 unspecified atom stereocenters. The van der Waals surface area contributed by atoms with Gasteiger partial charge in [-0.3, -0.25) is 4.79 Å². The molecule has 0 spiro atoms. The van der Waals surface area contributed by atoms with Gasteiger partial charge in [-0.05, 0) is 38.1 Å². The largest absolute Gasteiger partial charge is 0.490 e. The summed E-state index contributed by atoms with van der Waals surface area (Å²) < 4.78 is 5.59. The van der Waals surface area contributed by atoms with E-state index >= 15 is 0 Å². The van der Waals surface area contributed by atoms with Crippen LogP contribution in [-0.4, -0.2) is 35.1 Å². The number of thiazole rings is 1. The molecular formula is C18H20N2O4S. The van der Waals surface area contributed by atoms with Crippen molar-refractivity contribution < 1.29 is 19.4 Å². The van der Waals surface area contributed by atoms with Gasteiger partial charge >= 0.3 is 5.97 Å². The summed E-state index contributed by atoms with van der Waals surface area (Å²) in [5, 5.41) is 13.8. The number of carboxylic acids is 1. The molecule has 1 heterocycles. The van der Waals surface area contributed by atoms with Gasteiger partial charge in [0.05, 0.1) is 5.01 Å². The van der Waals surface area contributed by atoms with E-state index in [2.05, 4.69) is 10.3 Å². The van der Waals surface area contributed by atoms with Crippen LogP contribution in [0.4, 0.5) is 0 Å². The summed E-state index contributed by atoms with van der Waals surface area (Å²) >= 11 is 1.27. The molecule has 0 aliphatic heterocycles. The van der Waals surface area contributed by atoms with Gasteiger partial charge in [0, 0.05) is 23.9 Å². The predicted molar refractivity (Wildman–Crippen MR) is 96.5 cm³/mol. The van der Waals surface area contributed by atoms with Crippen LogP contribution >= 0.6 is 11.3 Å². The lowest BCUT2D eigenvalue weighted by Crippen LogP contribution is -2.25. The van der Waals surface area contributed by atoms with E-state index in [4.69, 9.17) is 9.84 Å². The van der Waals surface area contributed by atoms with Gasteiger partial charge in [-0.1, -0.05) is 11.6 Å². The molecule has 0 aliphatic carbocycles. The molecule has 1 amide bonds. The van der Waals surface area contributed by atoms with Gasteiger partial charge in [0.2, 0.25) is 0 Å². The maximum Gasteiger partial charge on any atom is 0.355 e. The quantitative estimate of drug-likeness (QED) is 0.706. The van der Waals surface area contributed by atoms with Gasteiger partial charge in [-0.15, -0.1) is 11.3 Å². The molecular weight excluding hydrogens is 340 g/mol. The van der Waals surface area contributed by atoms with Crippen molar-refractivity contribution in [1.29, 1.82) is 0 Å². The first kappa shape index (κ1) is 18.7. The number of allylic oxidation sites excluding steroid dienone is 1. The smallest absolute Gasteiger partial charge is 0.355 e. The minimum absolute atomic E-state index is 0.0348. The molecule has 0 bridgehead atoms. The number of rotatable bonds is 8. The lowest BCUT2D eigenvalue weighted by molar-refractivity contribution is 0.0690. The van der Waals surface area contributed by atoms with Crippen molar-refractivity contribution in [2.75, 3.05) is 13.2 Å². The van der Waals surface area contributed by atoms with Crippen LogP contribution in [-0.2, 0) is 6.42 Å².